The van der Waals surface area contributed by atoms with Gasteiger partial charge in [-0.1, -0.05) is 5.10 Å². The minimum Gasteiger partial charge on any atom is -0.286 e. The molecule has 3 aromatic rings. The van der Waals surface area contributed by atoms with Gasteiger partial charge in [-0.05, 0) is 17.3 Å². The Kier molecular flexibility index (Phi) is 2.94. The van der Waals surface area contributed by atoms with Gasteiger partial charge in [0.05, 0.1) is 0 Å². The predicted octanol–water partition coefficient (Wildman–Crippen LogP) is 0.970. The normalized spacial score (nSPS) is 10.3. The lowest BCUT2D eigenvalue weighted by Gasteiger charge is -1.95. The number of thiazole rings is 1. The third-order valence-electron chi connectivity index (χ3n) is 2.22. The van der Waals surface area contributed by atoms with Crippen molar-refractivity contribution in [2.45, 2.75) is 0 Å². The minimum absolute atomic E-state index is 0.112. The first-order valence-electron chi connectivity index (χ1n) is 5.23. The molecule has 0 saturated carbocycles. The summed E-state index contributed by atoms with van der Waals surface area (Å²) >= 11 is 1.37. The van der Waals surface area contributed by atoms with Gasteiger partial charge in [-0.2, -0.15) is 5.21 Å². The van der Waals surface area contributed by atoms with Crippen LogP contribution in [0.25, 0.3) is 10.6 Å². The van der Waals surface area contributed by atoms with E-state index in [1.807, 2.05) is 12.1 Å². The van der Waals surface area contributed by atoms with Crippen LogP contribution in [0.4, 0.5) is 5.95 Å². The molecule has 3 rings (SSSR count). The van der Waals surface area contributed by atoms with Crippen LogP contribution in [0.2, 0.25) is 0 Å². The number of pyridine rings is 1. The molecule has 3 aromatic heterocycles. The number of anilines is 1. The average Bonchev–Trinajstić information content (AvgIpc) is 3.10. The quantitative estimate of drug-likeness (QED) is 0.735. The van der Waals surface area contributed by atoms with E-state index in [1.54, 1.807) is 17.8 Å². The summed E-state index contributed by atoms with van der Waals surface area (Å²) < 4.78 is 0. The summed E-state index contributed by atoms with van der Waals surface area (Å²) in [6, 6.07) is 3.70. The Morgan fingerprint density at radius 3 is 3.11 bits per heavy atom. The van der Waals surface area contributed by atoms with Crippen LogP contribution in [-0.4, -0.2) is 36.5 Å². The van der Waals surface area contributed by atoms with Gasteiger partial charge in [0.2, 0.25) is 0 Å². The van der Waals surface area contributed by atoms with Crippen molar-refractivity contribution < 1.29 is 4.79 Å². The highest BCUT2D eigenvalue weighted by Gasteiger charge is 2.13. The van der Waals surface area contributed by atoms with E-state index in [-0.39, 0.29) is 11.9 Å². The number of tetrazole rings is 1. The molecule has 0 spiro atoms. The van der Waals surface area contributed by atoms with Gasteiger partial charge in [-0.15, -0.1) is 16.4 Å². The van der Waals surface area contributed by atoms with Gasteiger partial charge in [-0.25, -0.2) is 4.98 Å². The number of nitrogens with one attached hydrogen (secondary N) is 2. The Labute approximate surface area is 110 Å². The summed E-state index contributed by atoms with van der Waals surface area (Å²) in [5.74, 6) is -0.270. The molecule has 0 aliphatic carbocycles. The zero-order valence-electron chi connectivity index (χ0n) is 9.44. The fraction of sp³-hybridized carbons (Fsp3) is 0. The van der Waals surface area contributed by atoms with Gasteiger partial charge in [0.15, 0.2) is 0 Å². The minimum atomic E-state index is -0.382. The molecule has 94 valence electrons. The van der Waals surface area contributed by atoms with Crippen LogP contribution >= 0.6 is 11.3 Å². The smallest absolute Gasteiger partial charge is 0.277 e. The largest absolute Gasteiger partial charge is 0.286 e. The maximum Gasteiger partial charge on any atom is 0.277 e. The molecule has 0 atom stereocenters. The van der Waals surface area contributed by atoms with E-state index in [0.29, 0.717) is 5.69 Å². The predicted molar refractivity (Wildman–Crippen MR) is 67.5 cm³/mol. The van der Waals surface area contributed by atoms with Crippen LogP contribution in [0.1, 0.15) is 10.5 Å². The van der Waals surface area contributed by atoms with Crippen LogP contribution in [0, 0.1) is 0 Å². The van der Waals surface area contributed by atoms with Crippen molar-refractivity contribution in [1.82, 2.24) is 30.6 Å². The summed E-state index contributed by atoms with van der Waals surface area (Å²) in [7, 11) is 0. The van der Waals surface area contributed by atoms with Crippen molar-refractivity contribution in [3.05, 3.63) is 35.6 Å². The van der Waals surface area contributed by atoms with Crippen molar-refractivity contribution in [3.8, 4) is 10.6 Å². The number of hydrogen-bond donors (Lipinski definition) is 2. The molecule has 9 heteroatoms. The van der Waals surface area contributed by atoms with Crippen molar-refractivity contribution in [1.29, 1.82) is 0 Å². The molecule has 0 radical (unpaired) electrons. The molecular weight excluding hydrogens is 266 g/mol. The van der Waals surface area contributed by atoms with E-state index in [1.165, 1.54) is 11.3 Å². The first kappa shape index (κ1) is 11.4. The molecule has 8 nitrogen and oxygen atoms in total. The lowest BCUT2D eigenvalue weighted by molar-refractivity contribution is 0.102. The van der Waals surface area contributed by atoms with Gasteiger partial charge in [0.1, 0.15) is 10.7 Å². The lowest BCUT2D eigenvalue weighted by atomic mass is 10.3. The standard InChI is InChI=1S/C10H7N7OS/c18-8(13-10-14-16-17-15-10)7-5-19-9(12-7)6-2-1-3-11-4-6/h1-5H,(H2,13,14,15,16,17,18). The second kappa shape index (κ2) is 4.90. The molecule has 19 heavy (non-hydrogen) atoms. The van der Waals surface area contributed by atoms with Gasteiger partial charge >= 0.3 is 0 Å². The van der Waals surface area contributed by atoms with Crippen molar-refractivity contribution in [2.75, 3.05) is 5.32 Å². The highest BCUT2D eigenvalue weighted by atomic mass is 32.1. The first-order chi connectivity index (χ1) is 9.33. The van der Waals surface area contributed by atoms with E-state index < -0.39 is 0 Å². The van der Waals surface area contributed by atoms with Gasteiger partial charge in [0.25, 0.3) is 11.9 Å². The van der Waals surface area contributed by atoms with E-state index in [9.17, 15) is 4.79 Å². The molecule has 3 heterocycles. The fourth-order valence-corrected chi connectivity index (χ4v) is 2.17. The third kappa shape index (κ3) is 2.45. The van der Waals surface area contributed by atoms with Gasteiger partial charge < -0.3 is 0 Å². The number of carbonyl (C=O) groups is 1. The molecule has 1 amide bonds. The summed E-state index contributed by atoms with van der Waals surface area (Å²) in [5.41, 5.74) is 1.17. The number of hydrogen-bond acceptors (Lipinski definition) is 7. The lowest BCUT2D eigenvalue weighted by Crippen LogP contribution is -2.13. The first-order valence-corrected chi connectivity index (χ1v) is 6.11. The number of nitrogens with zero attached hydrogens (tertiary/aromatic N) is 5. The zero-order chi connectivity index (χ0) is 13.1. The number of aromatic nitrogens is 6. The summed E-state index contributed by atoms with van der Waals surface area (Å²) in [5, 5.41) is 17.7. The van der Waals surface area contributed by atoms with Crippen LogP contribution in [0.3, 0.4) is 0 Å². The molecule has 0 unspecified atom stereocenters. The Morgan fingerprint density at radius 2 is 2.37 bits per heavy atom. The SMILES string of the molecule is O=C(Nc1nn[nH]n1)c1csc(-c2cccnc2)n1. The zero-order valence-corrected chi connectivity index (χ0v) is 10.3. The van der Waals surface area contributed by atoms with Crippen LogP contribution < -0.4 is 5.32 Å². The number of rotatable bonds is 3. The molecule has 0 aromatic carbocycles. The Hall–Kier alpha value is -2.68. The monoisotopic (exact) mass is 273 g/mol. The molecule has 0 saturated heterocycles. The topological polar surface area (TPSA) is 109 Å². The molecule has 0 aliphatic rings. The molecular formula is C10H7N7OS. The maximum absolute atomic E-state index is 11.9. The summed E-state index contributed by atoms with van der Waals surface area (Å²) in [6.45, 7) is 0. The molecule has 0 bridgehead atoms. The van der Waals surface area contributed by atoms with Crippen molar-refractivity contribution in [3.63, 3.8) is 0 Å². The highest BCUT2D eigenvalue weighted by Crippen LogP contribution is 2.22. The average molecular weight is 273 g/mol. The molecule has 2 N–H and O–H groups in total. The Morgan fingerprint density at radius 1 is 1.42 bits per heavy atom. The van der Waals surface area contributed by atoms with Gasteiger partial charge in [0, 0.05) is 23.3 Å². The molecule has 0 aliphatic heterocycles. The van der Waals surface area contributed by atoms with Crippen LogP contribution in [0.5, 0.6) is 0 Å². The summed E-state index contributed by atoms with van der Waals surface area (Å²) in [6.07, 6.45) is 3.38. The van der Waals surface area contributed by atoms with E-state index in [4.69, 9.17) is 0 Å². The second-order valence-electron chi connectivity index (χ2n) is 3.47. The van der Waals surface area contributed by atoms with Crippen molar-refractivity contribution in [2.24, 2.45) is 0 Å². The maximum atomic E-state index is 11.9. The Bertz CT molecular complexity index is 679. The summed E-state index contributed by atoms with van der Waals surface area (Å²) in [4.78, 5) is 20.1. The van der Waals surface area contributed by atoms with Crippen LogP contribution in [-0.2, 0) is 0 Å². The van der Waals surface area contributed by atoms with Gasteiger partial charge in [-0.3, -0.25) is 15.1 Å². The Balaban J connectivity index is 1.80. The third-order valence-corrected chi connectivity index (χ3v) is 3.11. The van der Waals surface area contributed by atoms with E-state index >= 15 is 0 Å². The second-order valence-corrected chi connectivity index (χ2v) is 4.33. The number of aromatic amines is 1. The van der Waals surface area contributed by atoms with Crippen molar-refractivity contribution >= 4 is 23.2 Å². The number of amides is 1. The molecule has 0 fully saturated rings. The van der Waals surface area contributed by atoms with Crippen LogP contribution in [0.15, 0.2) is 29.9 Å². The number of carbonyl (C=O) groups excluding carboxylic acids is 1. The highest BCUT2D eigenvalue weighted by molar-refractivity contribution is 7.13. The number of H-pyrrole nitrogens is 1. The van der Waals surface area contributed by atoms with E-state index in [0.717, 1.165) is 10.6 Å². The van der Waals surface area contributed by atoms with E-state index in [2.05, 4.69) is 35.9 Å². The fourth-order valence-electron chi connectivity index (χ4n) is 1.38.